The standard InChI is InChI=1S/C12H15FN2S/c1-2-7-15-8-9-16-12(15)14-11-6-4-3-5-10(11)13/h3-6H,2,7-9H2,1H3. The maximum Gasteiger partial charge on any atom is 0.164 e. The summed E-state index contributed by atoms with van der Waals surface area (Å²) < 4.78 is 13.4. The molecule has 2 rings (SSSR count). The van der Waals surface area contributed by atoms with E-state index in [-0.39, 0.29) is 5.82 Å². The number of nitrogens with zero attached hydrogens (tertiary/aromatic N) is 2. The van der Waals surface area contributed by atoms with Gasteiger partial charge in [0, 0.05) is 18.8 Å². The zero-order valence-corrected chi connectivity index (χ0v) is 10.1. The monoisotopic (exact) mass is 238 g/mol. The molecule has 16 heavy (non-hydrogen) atoms. The summed E-state index contributed by atoms with van der Waals surface area (Å²) in [7, 11) is 0. The Morgan fingerprint density at radius 3 is 3.00 bits per heavy atom. The van der Waals surface area contributed by atoms with Gasteiger partial charge < -0.3 is 4.90 Å². The third kappa shape index (κ3) is 2.55. The summed E-state index contributed by atoms with van der Waals surface area (Å²) in [6.45, 7) is 4.16. The fourth-order valence-electron chi connectivity index (χ4n) is 1.66. The molecule has 0 aromatic heterocycles. The van der Waals surface area contributed by atoms with Crippen LogP contribution < -0.4 is 0 Å². The van der Waals surface area contributed by atoms with Gasteiger partial charge in [0.2, 0.25) is 0 Å². The molecule has 86 valence electrons. The Hall–Kier alpha value is -1.03. The van der Waals surface area contributed by atoms with Crippen molar-refractivity contribution in [2.24, 2.45) is 4.99 Å². The number of amidine groups is 1. The second-order valence-corrected chi connectivity index (χ2v) is 4.74. The Labute approximate surface area is 99.6 Å². The SMILES string of the molecule is CCCN1CCSC1=Nc1ccccc1F. The second kappa shape index (κ2) is 5.34. The number of hydrogen-bond acceptors (Lipinski definition) is 2. The first-order valence-corrected chi connectivity index (χ1v) is 6.51. The van der Waals surface area contributed by atoms with E-state index in [1.165, 1.54) is 6.07 Å². The number of thioether (sulfide) groups is 1. The molecule has 0 unspecified atom stereocenters. The van der Waals surface area contributed by atoms with E-state index >= 15 is 0 Å². The van der Waals surface area contributed by atoms with Gasteiger partial charge in [0.25, 0.3) is 0 Å². The van der Waals surface area contributed by atoms with Gasteiger partial charge in [-0.05, 0) is 18.6 Å². The van der Waals surface area contributed by atoms with Crippen LogP contribution in [0.25, 0.3) is 0 Å². The van der Waals surface area contributed by atoms with Crippen LogP contribution >= 0.6 is 11.8 Å². The largest absolute Gasteiger partial charge is 0.350 e. The van der Waals surface area contributed by atoms with Crippen LogP contribution in [0, 0.1) is 5.82 Å². The smallest absolute Gasteiger partial charge is 0.164 e. The minimum atomic E-state index is -0.251. The minimum absolute atomic E-state index is 0.251. The maximum atomic E-state index is 13.4. The molecule has 1 aliphatic heterocycles. The van der Waals surface area contributed by atoms with E-state index < -0.39 is 0 Å². The van der Waals surface area contributed by atoms with Crippen LogP contribution in [0.5, 0.6) is 0 Å². The summed E-state index contributed by atoms with van der Waals surface area (Å²) in [5.74, 6) is 0.798. The predicted molar refractivity (Wildman–Crippen MR) is 67.8 cm³/mol. The summed E-state index contributed by atoms with van der Waals surface area (Å²) in [5, 5.41) is 0.951. The molecule has 0 atom stereocenters. The van der Waals surface area contributed by atoms with Crippen LogP contribution in [-0.2, 0) is 0 Å². The molecule has 0 N–H and O–H groups in total. The van der Waals surface area contributed by atoms with Crippen molar-refractivity contribution in [2.45, 2.75) is 13.3 Å². The fourth-order valence-corrected chi connectivity index (χ4v) is 2.68. The van der Waals surface area contributed by atoms with Crippen molar-refractivity contribution in [1.82, 2.24) is 4.90 Å². The highest BCUT2D eigenvalue weighted by Gasteiger charge is 2.18. The molecular formula is C12H15FN2S. The predicted octanol–water partition coefficient (Wildman–Crippen LogP) is 3.27. The van der Waals surface area contributed by atoms with Crippen LogP contribution in [0.1, 0.15) is 13.3 Å². The average Bonchev–Trinajstić information content (AvgIpc) is 2.70. The minimum Gasteiger partial charge on any atom is -0.350 e. The van der Waals surface area contributed by atoms with Crippen molar-refractivity contribution in [3.63, 3.8) is 0 Å². The lowest BCUT2D eigenvalue weighted by Crippen LogP contribution is -2.24. The van der Waals surface area contributed by atoms with Crippen molar-refractivity contribution >= 4 is 22.6 Å². The lowest BCUT2D eigenvalue weighted by molar-refractivity contribution is 0.460. The van der Waals surface area contributed by atoms with E-state index in [9.17, 15) is 4.39 Å². The molecule has 0 amide bonds. The highest BCUT2D eigenvalue weighted by atomic mass is 32.2. The van der Waals surface area contributed by atoms with Crippen LogP contribution in [0.3, 0.4) is 0 Å². The number of benzene rings is 1. The number of para-hydroxylation sites is 1. The summed E-state index contributed by atoms with van der Waals surface area (Å²) in [4.78, 5) is 6.61. The third-order valence-corrected chi connectivity index (χ3v) is 3.42. The molecule has 4 heteroatoms. The van der Waals surface area contributed by atoms with Gasteiger partial charge in [0.05, 0.1) is 0 Å². The molecule has 0 radical (unpaired) electrons. The first-order chi connectivity index (χ1) is 7.81. The zero-order valence-electron chi connectivity index (χ0n) is 9.32. The van der Waals surface area contributed by atoms with Crippen molar-refractivity contribution in [2.75, 3.05) is 18.8 Å². The quantitative estimate of drug-likeness (QED) is 0.803. The molecule has 1 aromatic rings. The Morgan fingerprint density at radius 2 is 2.25 bits per heavy atom. The zero-order chi connectivity index (χ0) is 11.4. The van der Waals surface area contributed by atoms with Crippen LogP contribution in [0.2, 0.25) is 0 Å². The van der Waals surface area contributed by atoms with Gasteiger partial charge in [-0.25, -0.2) is 9.38 Å². The molecule has 0 spiro atoms. The van der Waals surface area contributed by atoms with Crippen molar-refractivity contribution in [1.29, 1.82) is 0 Å². The highest BCUT2D eigenvalue weighted by molar-refractivity contribution is 8.14. The van der Waals surface area contributed by atoms with E-state index in [1.54, 1.807) is 23.9 Å². The van der Waals surface area contributed by atoms with E-state index in [0.717, 1.165) is 30.4 Å². The second-order valence-electron chi connectivity index (χ2n) is 3.68. The lowest BCUT2D eigenvalue weighted by atomic mass is 10.3. The molecule has 0 aliphatic carbocycles. The molecule has 1 aromatic carbocycles. The highest BCUT2D eigenvalue weighted by Crippen LogP contribution is 2.24. The molecule has 1 saturated heterocycles. The summed E-state index contributed by atoms with van der Waals surface area (Å²) in [5.41, 5.74) is 0.438. The van der Waals surface area contributed by atoms with E-state index in [1.807, 2.05) is 6.07 Å². The summed E-state index contributed by atoms with van der Waals surface area (Å²) in [6.07, 6.45) is 1.09. The topological polar surface area (TPSA) is 15.6 Å². The van der Waals surface area contributed by atoms with E-state index in [2.05, 4.69) is 16.8 Å². The molecule has 1 fully saturated rings. The molecule has 1 aliphatic rings. The van der Waals surface area contributed by atoms with E-state index in [0.29, 0.717) is 5.69 Å². The number of halogens is 1. The Balaban J connectivity index is 2.20. The maximum absolute atomic E-state index is 13.4. The van der Waals surface area contributed by atoms with Crippen LogP contribution in [0.15, 0.2) is 29.3 Å². The molecule has 1 heterocycles. The van der Waals surface area contributed by atoms with Gasteiger partial charge in [-0.2, -0.15) is 0 Å². The third-order valence-electron chi connectivity index (χ3n) is 2.42. The first kappa shape index (κ1) is 11.5. The van der Waals surface area contributed by atoms with Crippen molar-refractivity contribution in [3.8, 4) is 0 Å². The van der Waals surface area contributed by atoms with Gasteiger partial charge in [0.15, 0.2) is 5.17 Å². The normalized spacial score (nSPS) is 18.4. The Bertz CT molecular complexity index is 392. The Kier molecular flexibility index (Phi) is 3.83. The van der Waals surface area contributed by atoms with Crippen LogP contribution in [0.4, 0.5) is 10.1 Å². The number of hydrogen-bond donors (Lipinski definition) is 0. The lowest BCUT2D eigenvalue weighted by Gasteiger charge is -2.16. The molecular weight excluding hydrogens is 223 g/mol. The number of aliphatic imine (C=N–C) groups is 1. The Morgan fingerprint density at radius 1 is 1.44 bits per heavy atom. The van der Waals surface area contributed by atoms with Gasteiger partial charge in [-0.1, -0.05) is 30.8 Å². The first-order valence-electron chi connectivity index (χ1n) is 5.52. The van der Waals surface area contributed by atoms with Crippen LogP contribution in [-0.4, -0.2) is 28.9 Å². The van der Waals surface area contributed by atoms with Crippen molar-refractivity contribution < 1.29 is 4.39 Å². The van der Waals surface area contributed by atoms with Crippen molar-refractivity contribution in [3.05, 3.63) is 30.1 Å². The summed E-state index contributed by atoms with van der Waals surface area (Å²) in [6, 6.07) is 6.66. The molecule has 0 bridgehead atoms. The fraction of sp³-hybridized carbons (Fsp3) is 0.417. The average molecular weight is 238 g/mol. The molecule has 0 saturated carbocycles. The van der Waals surface area contributed by atoms with Gasteiger partial charge >= 0.3 is 0 Å². The van der Waals surface area contributed by atoms with Gasteiger partial charge in [-0.3, -0.25) is 0 Å². The van der Waals surface area contributed by atoms with Gasteiger partial charge in [-0.15, -0.1) is 0 Å². The summed E-state index contributed by atoms with van der Waals surface area (Å²) >= 11 is 1.70. The van der Waals surface area contributed by atoms with E-state index in [4.69, 9.17) is 0 Å². The number of rotatable bonds is 3. The van der Waals surface area contributed by atoms with Gasteiger partial charge in [0.1, 0.15) is 11.5 Å². The molecule has 2 nitrogen and oxygen atoms in total.